The molecule has 26 heavy (non-hydrogen) atoms. The molecular formula is C16H22N6O4. The number of amides is 4. The molecule has 0 aromatic carbocycles. The standard InChI is InChI=1S/C16H22N6O4/c1-21-14(24)6-11(9-18-21)22-4-2-10(3-5-22)8-17-13(23)7-12-15(25)20-16(26)19-12/h6,9-10,12H,2-5,7-8H2,1H3,(H,17,23)(H2,19,20,25,26)/t12-/m1/s1. The zero-order valence-corrected chi connectivity index (χ0v) is 14.5. The van der Waals surface area contributed by atoms with Crippen molar-refractivity contribution < 1.29 is 14.4 Å². The van der Waals surface area contributed by atoms with Crippen LogP contribution in [0, 0.1) is 5.92 Å². The van der Waals surface area contributed by atoms with Crippen molar-refractivity contribution in [1.82, 2.24) is 25.7 Å². The Bertz CT molecular complexity index is 768. The summed E-state index contributed by atoms with van der Waals surface area (Å²) in [5, 5.41) is 11.4. The predicted octanol–water partition coefficient (Wildman–Crippen LogP) is -1.29. The number of aromatic nitrogens is 2. The van der Waals surface area contributed by atoms with Gasteiger partial charge in [0.2, 0.25) is 5.91 Å². The molecule has 0 spiro atoms. The third-order valence-electron chi connectivity index (χ3n) is 4.77. The Morgan fingerprint density at radius 1 is 1.31 bits per heavy atom. The number of anilines is 1. The van der Waals surface area contributed by atoms with Crippen LogP contribution in [0.5, 0.6) is 0 Å². The molecule has 140 valence electrons. The van der Waals surface area contributed by atoms with Crippen molar-refractivity contribution in [3.63, 3.8) is 0 Å². The summed E-state index contributed by atoms with van der Waals surface area (Å²) < 4.78 is 1.29. The quantitative estimate of drug-likeness (QED) is 0.560. The maximum Gasteiger partial charge on any atom is 0.322 e. The second kappa shape index (κ2) is 7.54. The summed E-state index contributed by atoms with van der Waals surface area (Å²) in [4.78, 5) is 48.2. The Kier molecular flexibility index (Phi) is 5.19. The van der Waals surface area contributed by atoms with E-state index in [1.807, 2.05) is 0 Å². The van der Waals surface area contributed by atoms with Crippen LogP contribution in [0.1, 0.15) is 19.3 Å². The van der Waals surface area contributed by atoms with E-state index < -0.39 is 18.0 Å². The number of hydrogen-bond acceptors (Lipinski definition) is 6. The molecule has 0 saturated carbocycles. The summed E-state index contributed by atoms with van der Waals surface area (Å²) >= 11 is 0. The molecule has 3 heterocycles. The predicted molar refractivity (Wildman–Crippen MR) is 92.5 cm³/mol. The van der Waals surface area contributed by atoms with Gasteiger partial charge in [0.1, 0.15) is 6.04 Å². The van der Waals surface area contributed by atoms with Gasteiger partial charge < -0.3 is 15.5 Å². The van der Waals surface area contributed by atoms with Gasteiger partial charge in [-0.25, -0.2) is 9.48 Å². The van der Waals surface area contributed by atoms with Crippen molar-refractivity contribution in [2.24, 2.45) is 13.0 Å². The van der Waals surface area contributed by atoms with Crippen LogP contribution in [-0.2, 0) is 16.6 Å². The summed E-state index contributed by atoms with van der Waals surface area (Å²) in [6.07, 6.45) is 3.39. The Morgan fingerprint density at radius 2 is 2.04 bits per heavy atom. The summed E-state index contributed by atoms with van der Waals surface area (Å²) in [6.45, 7) is 2.11. The SMILES string of the molecule is Cn1ncc(N2CCC(CNC(=O)C[C@H]3NC(=O)NC3=O)CC2)cc1=O. The van der Waals surface area contributed by atoms with Crippen molar-refractivity contribution in [1.29, 1.82) is 0 Å². The van der Waals surface area contributed by atoms with Gasteiger partial charge >= 0.3 is 6.03 Å². The molecule has 10 nitrogen and oxygen atoms in total. The fourth-order valence-electron chi connectivity index (χ4n) is 3.15. The van der Waals surface area contributed by atoms with Crippen LogP contribution in [0.3, 0.4) is 0 Å². The lowest BCUT2D eigenvalue weighted by Gasteiger charge is -2.33. The van der Waals surface area contributed by atoms with Gasteiger partial charge in [-0.1, -0.05) is 0 Å². The summed E-state index contributed by atoms with van der Waals surface area (Å²) in [6, 6.07) is 0.221. The molecule has 2 aliphatic rings. The van der Waals surface area contributed by atoms with E-state index in [4.69, 9.17) is 0 Å². The molecule has 0 radical (unpaired) electrons. The highest BCUT2D eigenvalue weighted by molar-refractivity contribution is 6.05. The van der Waals surface area contributed by atoms with Gasteiger partial charge in [0.05, 0.1) is 18.3 Å². The molecule has 0 bridgehead atoms. The van der Waals surface area contributed by atoms with Gasteiger partial charge in [0.25, 0.3) is 11.5 Å². The minimum absolute atomic E-state index is 0.0601. The largest absolute Gasteiger partial charge is 0.370 e. The molecule has 2 aliphatic heterocycles. The molecule has 1 aromatic rings. The normalized spacial score (nSPS) is 20.7. The number of rotatable bonds is 5. The van der Waals surface area contributed by atoms with E-state index >= 15 is 0 Å². The van der Waals surface area contributed by atoms with Crippen LogP contribution in [0.15, 0.2) is 17.1 Å². The van der Waals surface area contributed by atoms with Crippen LogP contribution in [0.2, 0.25) is 0 Å². The number of nitrogens with zero attached hydrogens (tertiary/aromatic N) is 3. The van der Waals surface area contributed by atoms with Gasteiger partial charge in [0, 0.05) is 32.7 Å². The Hall–Kier alpha value is -2.91. The van der Waals surface area contributed by atoms with E-state index in [-0.39, 0.29) is 17.9 Å². The molecule has 0 unspecified atom stereocenters. The van der Waals surface area contributed by atoms with Gasteiger partial charge in [-0.3, -0.25) is 19.7 Å². The highest BCUT2D eigenvalue weighted by atomic mass is 16.2. The molecule has 4 amide bonds. The van der Waals surface area contributed by atoms with Crippen LogP contribution in [-0.4, -0.2) is 53.3 Å². The summed E-state index contributed by atoms with van der Waals surface area (Å²) in [5.41, 5.74) is 0.679. The number of carbonyl (C=O) groups excluding carboxylic acids is 3. The van der Waals surface area contributed by atoms with Crippen molar-refractivity contribution in [3.05, 3.63) is 22.6 Å². The van der Waals surface area contributed by atoms with Crippen LogP contribution in [0.4, 0.5) is 10.5 Å². The summed E-state index contributed by atoms with van der Waals surface area (Å²) in [7, 11) is 1.61. The topological polar surface area (TPSA) is 125 Å². The van der Waals surface area contributed by atoms with E-state index in [1.54, 1.807) is 19.3 Å². The van der Waals surface area contributed by atoms with Crippen LogP contribution >= 0.6 is 0 Å². The molecular weight excluding hydrogens is 340 g/mol. The number of hydrogen-bond donors (Lipinski definition) is 3. The highest BCUT2D eigenvalue weighted by Crippen LogP contribution is 2.21. The number of urea groups is 1. The van der Waals surface area contributed by atoms with E-state index in [0.717, 1.165) is 31.6 Å². The number of nitrogens with one attached hydrogen (secondary N) is 3. The molecule has 1 atom stereocenters. The number of carbonyl (C=O) groups is 3. The zero-order chi connectivity index (χ0) is 18.7. The van der Waals surface area contributed by atoms with E-state index in [0.29, 0.717) is 12.5 Å². The number of imide groups is 1. The second-order valence-electron chi connectivity index (χ2n) is 6.63. The zero-order valence-electron chi connectivity index (χ0n) is 14.5. The van der Waals surface area contributed by atoms with Gasteiger partial charge in [0.15, 0.2) is 0 Å². The third-order valence-corrected chi connectivity index (χ3v) is 4.77. The molecule has 3 rings (SSSR count). The average Bonchev–Trinajstić information content (AvgIpc) is 2.93. The smallest absolute Gasteiger partial charge is 0.322 e. The first-order valence-electron chi connectivity index (χ1n) is 8.59. The first-order chi connectivity index (χ1) is 12.4. The van der Waals surface area contributed by atoms with Crippen molar-refractivity contribution in [2.75, 3.05) is 24.5 Å². The van der Waals surface area contributed by atoms with E-state index in [2.05, 4.69) is 25.9 Å². The second-order valence-corrected chi connectivity index (χ2v) is 6.63. The minimum Gasteiger partial charge on any atom is -0.370 e. The molecule has 2 saturated heterocycles. The lowest BCUT2D eigenvalue weighted by Crippen LogP contribution is -2.41. The van der Waals surface area contributed by atoms with Crippen LogP contribution in [0.25, 0.3) is 0 Å². The Labute approximate surface area is 149 Å². The maximum atomic E-state index is 12.0. The van der Waals surface area contributed by atoms with Crippen LogP contribution < -0.4 is 26.4 Å². The lowest BCUT2D eigenvalue weighted by atomic mass is 9.96. The van der Waals surface area contributed by atoms with E-state index in [9.17, 15) is 19.2 Å². The van der Waals surface area contributed by atoms with Gasteiger partial charge in [-0.2, -0.15) is 5.10 Å². The molecule has 1 aromatic heterocycles. The van der Waals surface area contributed by atoms with Gasteiger partial charge in [-0.15, -0.1) is 0 Å². The fraction of sp³-hybridized carbons (Fsp3) is 0.562. The third kappa shape index (κ3) is 4.19. The Balaban J connectivity index is 1.42. The summed E-state index contributed by atoms with van der Waals surface area (Å²) in [5.74, 6) is -0.395. The monoisotopic (exact) mass is 362 g/mol. The molecule has 3 N–H and O–H groups in total. The molecule has 2 fully saturated rings. The van der Waals surface area contributed by atoms with Crippen molar-refractivity contribution in [2.45, 2.75) is 25.3 Å². The molecule has 0 aliphatic carbocycles. The lowest BCUT2D eigenvalue weighted by molar-refractivity contribution is -0.126. The minimum atomic E-state index is -0.794. The van der Waals surface area contributed by atoms with Crippen molar-refractivity contribution in [3.8, 4) is 0 Å². The fourth-order valence-corrected chi connectivity index (χ4v) is 3.15. The number of piperidine rings is 1. The van der Waals surface area contributed by atoms with Gasteiger partial charge in [-0.05, 0) is 18.8 Å². The van der Waals surface area contributed by atoms with Crippen molar-refractivity contribution >= 4 is 23.5 Å². The van der Waals surface area contributed by atoms with E-state index in [1.165, 1.54) is 4.68 Å². The average molecular weight is 362 g/mol. The molecule has 10 heteroatoms. The Morgan fingerprint density at radius 3 is 2.65 bits per heavy atom. The number of aryl methyl sites for hydroxylation is 1. The highest BCUT2D eigenvalue weighted by Gasteiger charge is 2.31. The first kappa shape index (κ1) is 17.9. The maximum absolute atomic E-state index is 12.0. The first-order valence-corrected chi connectivity index (χ1v) is 8.59.